The molecule has 24 heavy (non-hydrogen) atoms. The molecule has 1 fully saturated rings. The third kappa shape index (κ3) is 3.48. The molecule has 124 valence electrons. The van der Waals surface area contributed by atoms with E-state index < -0.39 is 0 Å². The fourth-order valence-corrected chi connectivity index (χ4v) is 3.29. The average molecular weight is 321 g/mol. The minimum absolute atomic E-state index is 0.317. The van der Waals surface area contributed by atoms with Crippen LogP contribution < -0.4 is 10.6 Å². The summed E-state index contributed by atoms with van der Waals surface area (Å²) >= 11 is 0. The van der Waals surface area contributed by atoms with Crippen molar-refractivity contribution < 1.29 is 0 Å². The second-order valence-corrected chi connectivity index (χ2v) is 6.53. The maximum absolute atomic E-state index is 9.53. The van der Waals surface area contributed by atoms with Crippen LogP contribution in [0.4, 0.5) is 0 Å². The van der Waals surface area contributed by atoms with Gasteiger partial charge in [-0.25, -0.2) is 4.99 Å². The molecular formula is C19H23N5. The molecule has 2 N–H and O–H groups in total. The van der Waals surface area contributed by atoms with Crippen molar-refractivity contribution in [2.75, 3.05) is 0 Å². The van der Waals surface area contributed by atoms with Crippen molar-refractivity contribution in [3.63, 3.8) is 0 Å². The lowest BCUT2D eigenvalue weighted by atomic mass is 9.78. The summed E-state index contributed by atoms with van der Waals surface area (Å²) in [5.74, 6) is 1.98. The van der Waals surface area contributed by atoms with Gasteiger partial charge < -0.3 is 10.6 Å². The molecule has 1 aromatic rings. The van der Waals surface area contributed by atoms with E-state index in [9.17, 15) is 5.26 Å². The number of allylic oxidation sites excluding steroid dienone is 2. The average Bonchev–Trinajstić information content (AvgIpc) is 2.61. The van der Waals surface area contributed by atoms with E-state index in [1.165, 1.54) is 12.8 Å². The predicted molar refractivity (Wildman–Crippen MR) is 95.6 cm³/mol. The number of pyridine rings is 1. The number of aromatic nitrogens is 1. The monoisotopic (exact) mass is 321 g/mol. The first-order chi connectivity index (χ1) is 11.7. The number of nitrogens with one attached hydrogen (secondary N) is 2. The number of hydrogen-bond donors (Lipinski definition) is 2. The second-order valence-electron chi connectivity index (χ2n) is 6.53. The van der Waals surface area contributed by atoms with Gasteiger partial charge in [-0.05, 0) is 36.5 Å². The smallest absolute Gasteiger partial charge is 0.200 e. The maximum atomic E-state index is 9.53. The van der Waals surface area contributed by atoms with Crippen LogP contribution in [0.15, 0.2) is 47.4 Å². The SMILES string of the molecule is CC1CCCC(N=C2NC=C/C(=C(/C#N)c3ccccn3)N2)C1C. The summed E-state index contributed by atoms with van der Waals surface area (Å²) in [6.07, 6.45) is 8.99. The van der Waals surface area contributed by atoms with E-state index >= 15 is 0 Å². The molecule has 1 aliphatic heterocycles. The van der Waals surface area contributed by atoms with E-state index in [1.54, 1.807) is 6.20 Å². The number of nitriles is 1. The molecule has 0 saturated heterocycles. The summed E-state index contributed by atoms with van der Waals surface area (Å²) in [5, 5.41) is 15.9. The molecule has 3 atom stereocenters. The zero-order chi connectivity index (χ0) is 16.9. The van der Waals surface area contributed by atoms with Crippen LogP contribution in [-0.4, -0.2) is 17.0 Å². The normalized spacial score (nSPS) is 30.2. The highest BCUT2D eigenvalue weighted by Crippen LogP contribution is 2.31. The van der Waals surface area contributed by atoms with Gasteiger partial charge in [0.25, 0.3) is 0 Å². The van der Waals surface area contributed by atoms with E-state index in [0.29, 0.717) is 35.1 Å². The van der Waals surface area contributed by atoms with Gasteiger partial charge in [-0.2, -0.15) is 5.26 Å². The van der Waals surface area contributed by atoms with E-state index in [2.05, 4.69) is 35.5 Å². The fraction of sp³-hybridized carbons (Fsp3) is 0.421. The van der Waals surface area contributed by atoms with Gasteiger partial charge >= 0.3 is 0 Å². The minimum Gasteiger partial charge on any atom is -0.333 e. The van der Waals surface area contributed by atoms with Crippen molar-refractivity contribution >= 4 is 11.5 Å². The summed E-state index contributed by atoms with van der Waals surface area (Å²) < 4.78 is 0. The Balaban J connectivity index is 1.85. The molecule has 1 aromatic heterocycles. The summed E-state index contributed by atoms with van der Waals surface area (Å²) in [7, 11) is 0. The van der Waals surface area contributed by atoms with Crippen LogP contribution in [-0.2, 0) is 0 Å². The minimum atomic E-state index is 0.317. The first-order valence-electron chi connectivity index (χ1n) is 8.52. The Morgan fingerprint density at radius 3 is 2.96 bits per heavy atom. The highest BCUT2D eigenvalue weighted by Gasteiger charge is 2.27. The van der Waals surface area contributed by atoms with Gasteiger partial charge in [-0.15, -0.1) is 0 Å². The number of rotatable bonds is 2. The van der Waals surface area contributed by atoms with Crippen LogP contribution in [0, 0.1) is 23.2 Å². The predicted octanol–water partition coefficient (Wildman–Crippen LogP) is 3.20. The van der Waals surface area contributed by atoms with Gasteiger partial charge in [0, 0.05) is 12.4 Å². The molecule has 1 saturated carbocycles. The first-order valence-corrected chi connectivity index (χ1v) is 8.52. The lowest BCUT2D eigenvalue weighted by Gasteiger charge is -2.32. The lowest BCUT2D eigenvalue weighted by molar-refractivity contribution is 0.241. The van der Waals surface area contributed by atoms with E-state index in [1.807, 2.05) is 30.5 Å². The zero-order valence-electron chi connectivity index (χ0n) is 14.2. The van der Waals surface area contributed by atoms with Gasteiger partial charge in [0.1, 0.15) is 11.6 Å². The van der Waals surface area contributed by atoms with Crippen LogP contribution in [0.5, 0.6) is 0 Å². The Bertz CT molecular complexity index is 711. The topological polar surface area (TPSA) is 73.1 Å². The quantitative estimate of drug-likeness (QED) is 0.820. The van der Waals surface area contributed by atoms with Gasteiger partial charge in [0.15, 0.2) is 5.96 Å². The standard InChI is InChI=1S/C19H23N5/c1-13-6-5-8-16(14(13)2)23-19-22-11-9-18(24-19)15(12-20)17-7-3-4-10-21-17/h3-4,7,9-11,13-14,16H,5-6,8H2,1-2H3,(H2,22,23,24)/b18-15+. The van der Waals surface area contributed by atoms with Crippen LogP contribution >= 0.6 is 0 Å². The van der Waals surface area contributed by atoms with Crippen LogP contribution in [0.2, 0.25) is 0 Å². The van der Waals surface area contributed by atoms with Crippen molar-refractivity contribution in [3.8, 4) is 6.07 Å². The summed E-state index contributed by atoms with van der Waals surface area (Å²) in [4.78, 5) is 9.14. The van der Waals surface area contributed by atoms with Crippen molar-refractivity contribution in [2.45, 2.75) is 39.2 Å². The third-order valence-electron chi connectivity index (χ3n) is 4.98. The molecule has 2 aliphatic rings. The Morgan fingerprint density at radius 2 is 2.21 bits per heavy atom. The Labute approximate surface area is 143 Å². The molecule has 3 rings (SSSR count). The number of guanidine groups is 1. The first kappa shape index (κ1) is 16.3. The van der Waals surface area contributed by atoms with E-state index in [-0.39, 0.29) is 0 Å². The molecular weight excluding hydrogens is 298 g/mol. The van der Waals surface area contributed by atoms with Gasteiger partial charge in [0.05, 0.1) is 17.4 Å². The molecule has 5 heteroatoms. The number of hydrogen-bond acceptors (Lipinski definition) is 3. The van der Waals surface area contributed by atoms with Crippen LogP contribution in [0.25, 0.3) is 5.57 Å². The summed E-state index contributed by atoms with van der Waals surface area (Å²) in [5.41, 5.74) is 1.91. The molecule has 3 unspecified atom stereocenters. The fourth-order valence-electron chi connectivity index (χ4n) is 3.29. The van der Waals surface area contributed by atoms with E-state index in [4.69, 9.17) is 4.99 Å². The van der Waals surface area contributed by atoms with Crippen molar-refractivity contribution in [1.82, 2.24) is 15.6 Å². The Morgan fingerprint density at radius 1 is 1.33 bits per heavy atom. The van der Waals surface area contributed by atoms with Crippen LogP contribution in [0.3, 0.4) is 0 Å². The Kier molecular flexibility index (Phi) is 4.95. The van der Waals surface area contributed by atoms with Gasteiger partial charge in [-0.3, -0.25) is 4.98 Å². The molecule has 5 nitrogen and oxygen atoms in total. The lowest BCUT2D eigenvalue weighted by Crippen LogP contribution is -2.40. The molecule has 0 radical (unpaired) electrons. The van der Waals surface area contributed by atoms with Crippen molar-refractivity contribution in [2.24, 2.45) is 16.8 Å². The molecule has 0 spiro atoms. The highest BCUT2D eigenvalue weighted by molar-refractivity contribution is 5.89. The third-order valence-corrected chi connectivity index (χ3v) is 4.98. The van der Waals surface area contributed by atoms with Crippen molar-refractivity contribution in [1.29, 1.82) is 5.26 Å². The summed E-state index contributed by atoms with van der Waals surface area (Å²) in [6.45, 7) is 4.58. The number of aliphatic imine (C=N–C) groups is 1. The zero-order valence-corrected chi connectivity index (χ0v) is 14.2. The van der Waals surface area contributed by atoms with Crippen molar-refractivity contribution in [3.05, 3.63) is 48.1 Å². The highest BCUT2D eigenvalue weighted by atomic mass is 15.2. The summed E-state index contributed by atoms with van der Waals surface area (Å²) in [6, 6.07) is 8.12. The second kappa shape index (κ2) is 7.31. The molecule has 1 aliphatic carbocycles. The molecule has 2 heterocycles. The van der Waals surface area contributed by atoms with Crippen LogP contribution in [0.1, 0.15) is 38.8 Å². The Hall–Kier alpha value is -2.61. The van der Waals surface area contributed by atoms with Gasteiger partial charge in [0.2, 0.25) is 0 Å². The molecule has 0 bridgehead atoms. The maximum Gasteiger partial charge on any atom is 0.200 e. The van der Waals surface area contributed by atoms with E-state index in [0.717, 1.165) is 12.1 Å². The van der Waals surface area contributed by atoms with Gasteiger partial charge in [-0.1, -0.05) is 32.8 Å². The molecule has 0 amide bonds. The largest absolute Gasteiger partial charge is 0.333 e. The molecule has 0 aromatic carbocycles. The number of nitrogens with zero attached hydrogens (tertiary/aromatic N) is 3.